The Morgan fingerprint density at radius 3 is 2.48 bits per heavy atom. The molecule has 1 aliphatic heterocycles. The molecule has 2 aromatic rings. The topological polar surface area (TPSA) is 98.7 Å². The number of hydrogen-bond donors (Lipinski definition) is 3. The number of nitrogens with one attached hydrogen (secondary N) is 2. The van der Waals surface area contributed by atoms with Crippen LogP contribution in [0.2, 0.25) is 0 Å². The Bertz CT molecular complexity index is 1330. The Labute approximate surface area is 227 Å². The molecule has 3 atom stereocenters. The minimum atomic E-state index is -5.19. The van der Waals surface area contributed by atoms with Gasteiger partial charge in [-0.25, -0.2) is 8.42 Å². The number of benzene rings is 2. The molecular formula is C26H29F6N3O4S. The first-order valence-corrected chi connectivity index (χ1v) is 14.2. The van der Waals surface area contributed by atoms with E-state index in [0.29, 0.717) is 38.4 Å². The third-order valence-electron chi connectivity index (χ3n) is 7.06. The van der Waals surface area contributed by atoms with Crippen LogP contribution in [0.3, 0.4) is 0 Å². The lowest BCUT2D eigenvalue weighted by Crippen LogP contribution is -2.48. The van der Waals surface area contributed by atoms with Crippen LogP contribution in [0.25, 0.3) is 0 Å². The van der Waals surface area contributed by atoms with Crippen LogP contribution in [-0.2, 0) is 34.0 Å². The van der Waals surface area contributed by atoms with Crippen molar-refractivity contribution in [3.05, 3.63) is 64.7 Å². The fourth-order valence-electron chi connectivity index (χ4n) is 5.09. The van der Waals surface area contributed by atoms with Gasteiger partial charge in [0.25, 0.3) is 0 Å². The highest BCUT2D eigenvalue weighted by molar-refractivity contribution is 7.89. The predicted octanol–water partition coefficient (Wildman–Crippen LogP) is 4.07. The standard InChI is InChI=1S/C26H29F6N3O4S/c27-25(28,29)18-4-2-5-20(12-18)40(38,39)34-23(26(30,31)32)13-24(37)33-22-6-1-3-17-11-16(7-8-21(17)22)14-35-10-9-19(36)15-35/h2,4-5,7-8,11-12,19,22-23,34,36H,1,3,6,9-10,13-15H2,(H,33,37)/t19-,22+,23+/m0/s1. The number of carbonyl (C=O) groups excluding carboxylic acids is 1. The molecule has 0 radical (unpaired) electrons. The number of likely N-dealkylation sites (tertiary alicyclic amines) is 1. The zero-order chi connectivity index (χ0) is 29.3. The number of carbonyl (C=O) groups is 1. The smallest absolute Gasteiger partial charge is 0.392 e. The maximum atomic E-state index is 13.7. The maximum absolute atomic E-state index is 13.7. The number of fused-ring (bicyclic) bond motifs is 1. The largest absolute Gasteiger partial charge is 0.416 e. The first-order valence-electron chi connectivity index (χ1n) is 12.7. The maximum Gasteiger partial charge on any atom is 0.416 e. The fourth-order valence-corrected chi connectivity index (χ4v) is 6.36. The highest BCUT2D eigenvalue weighted by atomic mass is 32.2. The third kappa shape index (κ3) is 7.53. The van der Waals surface area contributed by atoms with Crippen LogP contribution in [0.15, 0.2) is 47.4 Å². The number of alkyl halides is 6. The van der Waals surface area contributed by atoms with Gasteiger partial charge in [0, 0.05) is 19.6 Å². The summed E-state index contributed by atoms with van der Waals surface area (Å²) >= 11 is 0. The molecule has 1 fully saturated rings. The van der Waals surface area contributed by atoms with Crippen molar-refractivity contribution in [1.82, 2.24) is 14.9 Å². The minimum Gasteiger partial charge on any atom is -0.392 e. The Hall–Kier alpha value is -2.68. The molecule has 3 N–H and O–H groups in total. The van der Waals surface area contributed by atoms with Crippen molar-refractivity contribution in [2.45, 2.75) is 74.1 Å². The van der Waals surface area contributed by atoms with Crippen LogP contribution in [0, 0.1) is 0 Å². The summed E-state index contributed by atoms with van der Waals surface area (Å²) in [7, 11) is -5.04. The second kappa shape index (κ2) is 11.7. The molecule has 2 aromatic carbocycles. The summed E-state index contributed by atoms with van der Waals surface area (Å²) in [6, 6.07) is 4.58. The molecule has 0 spiro atoms. The van der Waals surface area contributed by atoms with Crippen LogP contribution in [-0.4, -0.2) is 55.7 Å². The molecule has 0 bridgehead atoms. The van der Waals surface area contributed by atoms with E-state index in [-0.39, 0.29) is 12.2 Å². The van der Waals surface area contributed by atoms with E-state index in [1.165, 1.54) is 4.72 Å². The molecule has 0 unspecified atom stereocenters. The average molecular weight is 594 g/mol. The first-order chi connectivity index (χ1) is 18.6. The van der Waals surface area contributed by atoms with Crippen molar-refractivity contribution in [2.24, 2.45) is 0 Å². The van der Waals surface area contributed by atoms with Gasteiger partial charge in [-0.2, -0.15) is 31.1 Å². The second-order valence-corrected chi connectivity index (χ2v) is 11.9. The zero-order valence-electron chi connectivity index (χ0n) is 21.2. The lowest BCUT2D eigenvalue weighted by atomic mass is 9.86. The number of nitrogens with zero attached hydrogens (tertiary/aromatic N) is 1. The van der Waals surface area contributed by atoms with E-state index in [0.717, 1.165) is 41.8 Å². The van der Waals surface area contributed by atoms with E-state index >= 15 is 0 Å². The van der Waals surface area contributed by atoms with Gasteiger partial charge in [0.05, 0.1) is 29.0 Å². The molecule has 1 aliphatic carbocycles. The van der Waals surface area contributed by atoms with Gasteiger partial charge in [-0.3, -0.25) is 9.69 Å². The van der Waals surface area contributed by atoms with Crippen LogP contribution in [0.5, 0.6) is 0 Å². The van der Waals surface area contributed by atoms with E-state index in [9.17, 15) is 44.7 Å². The van der Waals surface area contributed by atoms with Crippen molar-refractivity contribution in [3.63, 3.8) is 0 Å². The molecule has 0 saturated carbocycles. The van der Waals surface area contributed by atoms with Gasteiger partial charge < -0.3 is 10.4 Å². The number of aliphatic hydroxyl groups excluding tert-OH is 1. The number of halogens is 6. The van der Waals surface area contributed by atoms with E-state index in [2.05, 4.69) is 10.2 Å². The van der Waals surface area contributed by atoms with Crippen molar-refractivity contribution in [2.75, 3.05) is 13.1 Å². The number of hydrogen-bond acceptors (Lipinski definition) is 5. The van der Waals surface area contributed by atoms with E-state index < -0.39 is 57.2 Å². The van der Waals surface area contributed by atoms with Gasteiger partial charge in [0.1, 0.15) is 6.04 Å². The summed E-state index contributed by atoms with van der Waals surface area (Å²) in [5.74, 6) is -1.05. The van der Waals surface area contributed by atoms with E-state index in [1.54, 1.807) is 0 Å². The van der Waals surface area contributed by atoms with Gasteiger partial charge in [0.2, 0.25) is 15.9 Å². The van der Waals surface area contributed by atoms with Crippen LogP contribution >= 0.6 is 0 Å². The minimum absolute atomic E-state index is 0.231. The number of aliphatic hydroxyl groups is 1. The molecule has 4 rings (SSSR count). The van der Waals surface area contributed by atoms with Gasteiger partial charge in [-0.05, 0) is 60.6 Å². The number of sulfonamides is 1. The monoisotopic (exact) mass is 593 g/mol. The van der Waals surface area contributed by atoms with E-state index in [1.807, 2.05) is 18.2 Å². The number of aryl methyl sites for hydroxylation is 1. The third-order valence-corrected chi connectivity index (χ3v) is 8.53. The second-order valence-electron chi connectivity index (χ2n) is 10.2. The molecule has 7 nitrogen and oxygen atoms in total. The highest BCUT2D eigenvalue weighted by Gasteiger charge is 2.44. The number of β-amino-alcohol motifs (C(OH)–C–C–N with tert-alkyl or cyclic N) is 1. The molecule has 40 heavy (non-hydrogen) atoms. The summed E-state index contributed by atoms with van der Waals surface area (Å²) in [5.41, 5.74) is 1.39. The molecule has 1 heterocycles. The SMILES string of the molecule is O=C(C[C@@H](NS(=O)(=O)c1cccc(C(F)(F)F)c1)C(F)(F)F)N[C@@H]1CCCc2cc(CN3CC[C@H](O)C3)ccc21. The van der Waals surface area contributed by atoms with Gasteiger partial charge in [-0.15, -0.1) is 0 Å². The molecule has 2 aliphatic rings. The van der Waals surface area contributed by atoms with Crippen molar-refractivity contribution in [3.8, 4) is 0 Å². The van der Waals surface area contributed by atoms with Crippen molar-refractivity contribution in [1.29, 1.82) is 0 Å². The van der Waals surface area contributed by atoms with Gasteiger partial charge >= 0.3 is 12.4 Å². The number of amides is 1. The van der Waals surface area contributed by atoms with Gasteiger partial charge in [-0.1, -0.05) is 24.3 Å². The van der Waals surface area contributed by atoms with E-state index in [4.69, 9.17) is 0 Å². The Morgan fingerprint density at radius 2 is 1.82 bits per heavy atom. The molecule has 1 saturated heterocycles. The molecule has 1 amide bonds. The lowest BCUT2D eigenvalue weighted by Gasteiger charge is -2.28. The van der Waals surface area contributed by atoms with Crippen molar-refractivity contribution < 1.29 is 44.7 Å². The molecule has 220 valence electrons. The fraction of sp³-hybridized carbons (Fsp3) is 0.500. The van der Waals surface area contributed by atoms with Crippen LogP contribution in [0.1, 0.15) is 54.0 Å². The first kappa shape index (κ1) is 30.3. The number of rotatable bonds is 8. The normalized spacial score (nSPS) is 21.2. The summed E-state index contributed by atoms with van der Waals surface area (Å²) in [5, 5.41) is 12.3. The molecule has 14 heteroatoms. The summed E-state index contributed by atoms with van der Waals surface area (Å²) in [6.45, 7) is 1.99. The Kier molecular flexibility index (Phi) is 8.83. The van der Waals surface area contributed by atoms with Crippen LogP contribution < -0.4 is 10.0 Å². The van der Waals surface area contributed by atoms with Gasteiger partial charge in [0.15, 0.2) is 0 Å². The average Bonchev–Trinajstić information content (AvgIpc) is 3.27. The molecule has 0 aromatic heterocycles. The Balaban J connectivity index is 1.44. The van der Waals surface area contributed by atoms with Crippen molar-refractivity contribution >= 4 is 15.9 Å². The zero-order valence-corrected chi connectivity index (χ0v) is 22.0. The quantitative estimate of drug-likeness (QED) is 0.401. The predicted molar refractivity (Wildman–Crippen MR) is 132 cm³/mol. The lowest BCUT2D eigenvalue weighted by molar-refractivity contribution is -0.158. The Morgan fingerprint density at radius 1 is 1.07 bits per heavy atom. The summed E-state index contributed by atoms with van der Waals surface area (Å²) in [4.78, 5) is 13.8. The summed E-state index contributed by atoms with van der Waals surface area (Å²) < 4.78 is 107. The highest BCUT2D eigenvalue weighted by Crippen LogP contribution is 2.33. The van der Waals surface area contributed by atoms with Crippen LogP contribution in [0.4, 0.5) is 26.3 Å². The molecular weight excluding hydrogens is 564 g/mol. The summed E-state index contributed by atoms with van der Waals surface area (Å²) in [6.07, 6.45) is -9.15.